The molecule has 20 heavy (non-hydrogen) atoms. The molecule has 0 unspecified atom stereocenters. The Morgan fingerprint density at radius 1 is 1.30 bits per heavy atom. The highest BCUT2D eigenvalue weighted by Gasteiger charge is 2.01. The van der Waals surface area contributed by atoms with Gasteiger partial charge in [-0.3, -0.25) is 0 Å². The molecule has 0 aliphatic heterocycles. The van der Waals surface area contributed by atoms with Gasteiger partial charge in [0.25, 0.3) is 0 Å². The molecule has 0 aromatic heterocycles. The van der Waals surface area contributed by atoms with Crippen molar-refractivity contribution in [3.8, 4) is 5.75 Å². The van der Waals surface area contributed by atoms with Crippen molar-refractivity contribution >= 4 is 11.6 Å². The van der Waals surface area contributed by atoms with E-state index < -0.39 is 5.82 Å². The lowest BCUT2D eigenvalue weighted by Crippen LogP contribution is -2.22. The topological polar surface area (TPSA) is 70.6 Å². The van der Waals surface area contributed by atoms with Crippen LogP contribution in [0.1, 0.15) is 11.1 Å². The number of benzene rings is 2. The number of nitrogens with two attached hydrogens (primary N) is 1. The van der Waals surface area contributed by atoms with Gasteiger partial charge in [-0.25, -0.2) is 9.38 Å². The Morgan fingerprint density at radius 2 is 2.10 bits per heavy atom. The molecule has 5 heteroatoms. The number of hydrogen-bond donors (Lipinski definition) is 3. The first-order valence-corrected chi connectivity index (χ1v) is 6.15. The first-order valence-electron chi connectivity index (χ1n) is 6.15. The number of nitrogens with zero attached hydrogens (tertiary/aromatic N) is 1. The third kappa shape index (κ3) is 3.71. The number of rotatable bonds is 3. The van der Waals surface area contributed by atoms with Gasteiger partial charge in [-0.1, -0.05) is 18.2 Å². The van der Waals surface area contributed by atoms with Gasteiger partial charge in [0, 0.05) is 5.69 Å². The SMILES string of the molecule is Cc1cccc(NC(N)=NCc2ccc(O)c(F)c2)c1. The quantitative estimate of drug-likeness (QED) is 0.595. The third-order valence-electron chi connectivity index (χ3n) is 2.73. The van der Waals surface area contributed by atoms with Crippen LogP contribution in [-0.4, -0.2) is 11.1 Å². The van der Waals surface area contributed by atoms with Gasteiger partial charge in [0.1, 0.15) is 0 Å². The van der Waals surface area contributed by atoms with Gasteiger partial charge in [0.05, 0.1) is 6.54 Å². The van der Waals surface area contributed by atoms with Crippen molar-refractivity contribution in [2.24, 2.45) is 10.7 Å². The van der Waals surface area contributed by atoms with Crippen LogP contribution in [0.4, 0.5) is 10.1 Å². The second kappa shape index (κ2) is 6.06. The van der Waals surface area contributed by atoms with Crippen molar-refractivity contribution in [1.82, 2.24) is 0 Å². The second-order valence-corrected chi connectivity index (χ2v) is 4.48. The molecule has 0 radical (unpaired) electrons. The number of nitrogens with one attached hydrogen (secondary N) is 1. The smallest absolute Gasteiger partial charge is 0.193 e. The first-order chi connectivity index (χ1) is 9.54. The molecule has 0 bridgehead atoms. The lowest BCUT2D eigenvalue weighted by Gasteiger charge is -2.06. The zero-order valence-electron chi connectivity index (χ0n) is 11.1. The first kappa shape index (κ1) is 13.9. The molecule has 2 aromatic carbocycles. The number of anilines is 1. The molecule has 0 aliphatic carbocycles. The number of guanidine groups is 1. The molecule has 4 nitrogen and oxygen atoms in total. The number of hydrogen-bond acceptors (Lipinski definition) is 2. The number of aryl methyl sites for hydroxylation is 1. The summed E-state index contributed by atoms with van der Waals surface area (Å²) in [7, 11) is 0. The minimum Gasteiger partial charge on any atom is -0.505 e. The predicted octanol–water partition coefficient (Wildman–Crippen LogP) is 2.77. The molecular formula is C15H16FN3O. The van der Waals surface area contributed by atoms with E-state index in [-0.39, 0.29) is 18.3 Å². The molecule has 4 N–H and O–H groups in total. The lowest BCUT2D eigenvalue weighted by atomic mass is 10.2. The number of halogens is 1. The molecule has 0 fully saturated rings. The van der Waals surface area contributed by atoms with Gasteiger partial charge in [-0.2, -0.15) is 0 Å². The fourth-order valence-electron chi connectivity index (χ4n) is 1.74. The van der Waals surface area contributed by atoms with Gasteiger partial charge >= 0.3 is 0 Å². The Hall–Kier alpha value is -2.56. The maximum atomic E-state index is 13.1. The molecule has 0 aliphatic rings. The van der Waals surface area contributed by atoms with Crippen LogP contribution in [0.5, 0.6) is 5.75 Å². The Balaban J connectivity index is 2.02. The van der Waals surface area contributed by atoms with E-state index in [0.717, 1.165) is 11.3 Å². The third-order valence-corrected chi connectivity index (χ3v) is 2.73. The van der Waals surface area contributed by atoms with Gasteiger partial charge in [-0.15, -0.1) is 0 Å². The molecule has 0 atom stereocenters. The molecule has 0 saturated carbocycles. The standard InChI is InChI=1S/C15H16FN3O/c1-10-3-2-4-12(7-10)19-15(17)18-9-11-5-6-14(20)13(16)8-11/h2-8,20H,9H2,1H3,(H3,17,18,19). The summed E-state index contributed by atoms with van der Waals surface area (Å²) in [5.41, 5.74) is 8.37. The number of phenolic OH excluding ortho intramolecular Hbond substituents is 1. The molecule has 2 rings (SSSR count). The van der Waals surface area contributed by atoms with Gasteiger partial charge in [0.15, 0.2) is 17.5 Å². The maximum Gasteiger partial charge on any atom is 0.193 e. The summed E-state index contributed by atoms with van der Waals surface area (Å²) in [6.45, 7) is 2.22. The van der Waals surface area contributed by atoms with E-state index in [0.29, 0.717) is 5.56 Å². The number of aliphatic imine (C=N–C) groups is 1. The minimum atomic E-state index is -0.664. The summed E-state index contributed by atoms with van der Waals surface area (Å²) in [4.78, 5) is 4.13. The van der Waals surface area contributed by atoms with Crippen LogP contribution >= 0.6 is 0 Å². The molecule has 0 spiro atoms. The number of phenols is 1. The van der Waals surface area contributed by atoms with E-state index in [1.807, 2.05) is 31.2 Å². The molecule has 0 amide bonds. The van der Waals surface area contributed by atoms with Crippen LogP contribution in [0, 0.1) is 12.7 Å². The predicted molar refractivity (Wildman–Crippen MR) is 78.2 cm³/mol. The van der Waals surface area contributed by atoms with Crippen molar-refractivity contribution in [2.45, 2.75) is 13.5 Å². The Morgan fingerprint density at radius 3 is 2.80 bits per heavy atom. The van der Waals surface area contributed by atoms with Crippen LogP contribution in [0.3, 0.4) is 0 Å². The summed E-state index contributed by atoms with van der Waals surface area (Å²) >= 11 is 0. The highest BCUT2D eigenvalue weighted by molar-refractivity contribution is 5.92. The summed E-state index contributed by atoms with van der Waals surface area (Å²) in [5.74, 6) is -0.782. The van der Waals surface area contributed by atoms with Gasteiger partial charge in [-0.05, 0) is 42.3 Å². The highest BCUT2D eigenvalue weighted by atomic mass is 19.1. The van der Waals surface area contributed by atoms with Crippen molar-refractivity contribution in [3.05, 3.63) is 59.4 Å². The normalized spacial score (nSPS) is 11.4. The summed E-state index contributed by atoms with van der Waals surface area (Å²) in [6, 6.07) is 11.9. The maximum absolute atomic E-state index is 13.1. The Kier molecular flexibility index (Phi) is 4.20. The van der Waals surface area contributed by atoms with E-state index >= 15 is 0 Å². The number of aromatic hydroxyl groups is 1. The average molecular weight is 273 g/mol. The van der Waals surface area contributed by atoms with Gasteiger partial charge < -0.3 is 16.2 Å². The average Bonchev–Trinajstić information content (AvgIpc) is 2.40. The molecule has 0 heterocycles. The van der Waals surface area contributed by atoms with Crippen LogP contribution in [-0.2, 0) is 6.54 Å². The fraction of sp³-hybridized carbons (Fsp3) is 0.133. The van der Waals surface area contributed by atoms with E-state index in [1.54, 1.807) is 6.07 Å². The van der Waals surface area contributed by atoms with Crippen LogP contribution in [0.2, 0.25) is 0 Å². The van der Waals surface area contributed by atoms with Crippen molar-refractivity contribution in [2.75, 3.05) is 5.32 Å². The van der Waals surface area contributed by atoms with E-state index in [1.165, 1.54) is 12.1 Å². The van der Waals surface area contributed by atoms with E-state index in [9.17, 15) is 4.39 Å². The van der Waals surface area contributed by atoms with Crippen LogP contribution < -0.4 is 11.1 Å². The van der Waals surface area contributed by atoms with E-state index in [2.05, 4.69) is 10.3 Å². The zero-order valence-corrected chi connectivity index (χ0v) is 11.1. The highest BCUT2D eigenvalue weighted by Crippen LogP contribution is 2.16. The molecule has 104 valence electrons. The molecular weight excluding hydrogens is 257 g/mol. The van der Waals surface area contributed by atoms with Crippen molar-refractivity contribution in [3.63, 3.8) is 0 Å². The van der Waals surface area contributed by atoms with Crippen LogP contribution in [0.25, 0.3) is 0 Å². The minimum absolute atomic E-state index is 0.238. The summed E-state index contributed by atoms with van der Waals surface area (Å²) < 4.78 is 13.1. The summed E-state index contributed by atoms with van der Waals surface area (Å²) in [5, 5.41) is 12.1. The lowest BCUT2D eigenvalue weighted by molar-refractivity contribution is 0.432. The Bertz CT molecular complexity index is 641. The largest absolute Gasteiger partial charge is 0.505 e. The van der Waals surface area contributed by atoms with Crippen molar-refractivity contribution < 1.29 is 9.50 Å². The Labute approximate surface area is 116 Å². The monoisotopic (exact) mass is 273 g/mol. The summed E-state index contributed by atoms with van der Waals surface area (Å²) in [6.07, 6.45) is 0. The van der Waals surface area contributed by atoms with Crippen LogP contribution in [0.15, 0.2) is 47.5 Å². The zero-order chi connectivity index (χ0) is 14.5. The van der Waals surface area contributed by atoms with Gasteiger partial charge in [0.2, 0.25) is 0 Å². The fourth-order valence-corrected chi connectivity index (χ4v) is 1.74. The second-order valence-electron chi connectivity index (χ2n) is 4.48. The molecule has 0 saturated heterocycles. The van der Waals surface area contributed by atoms with Crippen molar-refractivity contribution in [1.29, 1.82) is 0 Å². The van der Waals surface area contributed by atoms with E-state index in [4.69, 9.17) is 10.8 Å². The molecule has 2 aromatic rings.